The Morgan fingerprint density at radius 2 is 1.95 bits per heavy atom. The second-order valence-electron chi connectivity index (χ2n) is 4.94. The highest BCUT2D eigenvalue weighted by Crippen LogP contribution is 2.38. The quantitative estimate of drug-likeness (QED) is 0.890. The molecule has 1 unspecified atom stereocenters. The minimum Gasteiger partial charge on any atom is -0.493 e. The van der Waals surface area contributed by atoms with E-state index in [9.17, 15) is 4.79 Å². The van der Waals surface area contributed by atoms with Crippen molar-refractivity contribution in [2.24, 2.45) is 0 Å². The van der Waals surface area contributed by atoms with Crippen molar-refractivity contribution in [3.05, 3.63) is 23.3 Å². The molecule has 112 valence electrons. The summed E-state index contributed by atoms with van der Waals surface area (Å²) in [7, 11) is 3.18. The van der Waals surface area contributed by atoms with Crippen LogP contribution >= 0.6 is 12.4 Å². The number of carboxylic acids is 1. The molecule has 0 amide bonds. The second kappa shape index (κ2) is 6.33. The van der Waals surface area contributed by atoms with Gasteiger partial charge in [-0.1, -0.05) is 0 Å². The maximum atomic E-state index is 11.1. The Hall–Kier alpha value is -1.46. The molecular weight excluding hydrogens is 282 g/mol. The molecule has 0 aliphatic carbocycles. The number of halogens is 1. The van der Waals surface area contributed by atoms with E-state index in [-0.39, 0.29) is 18.8 Å². The molecule has 0 saturated heterocycles. The number of carboxylic acid groups (broad SMARTS) is 1. The fourth-order valence-corrected chi connectivity index (χ4v) is 2.67. The predicted octanol–water partition coefficient (Wildman–Crippen LogP) is 1.96. The Bertz CT molecular complexity index is 506. The van der Waals surface area contributed by atoms with E-state index in [4.69, 9.17) is 14.6 Å². The monoisotopic (exact) mass is 301 g/mol. The lowest BCUT2D eigenvalue weighted by Crippen LogP contribution is -2.46. The first-order valence-corrected chi connectivity index (χ1v) is 6.22. The van der Waals surface area contributed by atoms with Gasteiger partial charge in [-0.05, 0) is 36.6 Å². The van der Waals surface area contributed by atoms with Crippen molar-refractivity contribution in [3.8, 4) is 11.5 Å². The van der Waals surface area contributed by atoms with Gasteiger partial charge in [-0.2, -0.15) is 0 Å². The standard InChI is InChI=1S/C14H19NO4.ClH/c1-14(8-13(16)17)10-7-12(19-3)11(18-2)6-9(10)4-5-15-14;/h6-7,15H,4-5,8H2,1-3H3,(H,16,17);1H. The molecule has 0 fully saturated rings. The number of fused-ring (bicyclic) bond motifs is 1. The van der Waals surface area contributed by atoms with Gasteiger partial charge in [0.25, 0.3) is 0 Å². The number of aliphatic carboxylic acids is 1. The zero-order chi connectivity index (χ0) is 14.0. The van der Waals surface area contributed by atoms with Crippen LogP contribution in [0.25, 0.3) is 0 Å². The molecule has 0 aromatic heterocycles. The normalized spacial score (nSPS) is 20.6. The molecule has 1 heterocycles. The molecule has 1 aliphatic heterocycles. The van der Waals surface area contributed by atoms with Gasteiger partial charge >= 0.3 is 5.97 Å². The number of hydrogen-bond acceptors (Lipinski definition) is 4. The maximum absolute atomic E-state index is 11.1. The molecule has 0 saturated carbocycles. The summed E-state index contributed by atoms with van der Waals surface area (Å²) in [6.45, 7) is 2.66. The SMILES string of the molecule is COc1cc2c(cc1OC)C(C)(CC(=O)O)NCC2.Cl. The summed E-state index contributed by atoms with van der Waals surface area (Å²) in [4.78, 5) is 11.1. The maximum Gasteiger partial charge on any atom is 0.305 e. The van der Waals surface area contributed by atoms with Gasteiger partial charge in [-0.25, -0.2) is 0 Å². The molecule has 1 aromatic rings. The third kappa shape index (κ3) is 2.99. The molecule has 20 heavy (non-hydrogen) atoms. The van der Waals surface area contributed by atoms with E-state index in [0.717, 1.165) is 24.1 Å². The van der Waals surface area contributed by atoms with E-state index in [2.05, 4.69) is 5.32 Å². The van der Waals surface area contributed by atoms with Gasteiger partial charge < -0.3 is 19.9 Å². The van der Waals surface area contributed by atoms with Crippen molar-refractivity contribution in [1.82, 2.24) is 5.32 Å². The molecular formula is C14H20ClNO4. The first-order chi connectivity index (χ1) is 9.00. The zero-order valence-electron chi connectivity index (χ0n) is 11.9. The van der Waals surface area contributed by atoms with Crippen LogP contribution in [-0.2, 0) is 16.8 Å². The van der Waals surface area contributed by atoms with Gasteiger partial charge in [0.2, 0.25) is 0 Å². The average Bonchev–Trinajstić information content (AvgIpc) is 2.36. The van der Waals surface area contributed by atoms with Crippen LogP contribution in [0.1, 0.15) is 24.5 Å². The number of carbonyl (C=O) groups is 1. The minimum atomic E-state index is -0.822. The van der Waals surface area contributed by atoms with Crippen molar-refractivity contribution in [1.29, 1.82) is 0 Å². The Labute approximate surface area is 124 Å². The Morgan fingerprint density at radius 1 is 1.35 bits per heavy atom. The summed E-state index contributed by atoms with van der Waals surface area (Å²) in [5.74, 6) is 0.486. The van der Waals surface area contributed by atoms with E-state index in [1.54, 1.807) is 14.2 Å². The van der Waals surface area contributed by atoms with Gasteiger partial charge in [-0.15, -0.1) is 12.4 Å². The molecule has 1 atom stereocenters. The molecule has 1 aromatic carbocycles. The molecule has 1 aliphatic rings. The smallest absolute Gasteiger partial charge is 0.305 e. The summed E-state index contributed by atoms with van der Waals surface area (Å²) >= 11 is 0. The first kappa shape index (κ1) is 16.6. The van der Waals surface area contributed by atoms with Crippen LogP contribution < -0.4 is 14.8 Å². The number of methoxy groups -OCH3 is 2. The summed E-state index contributed by atoms with van der Waals surface area (Å²) in [6, 6.07) is 3.82. The molecule has 2 rings (SSSR count). The molecule has 0 radical (unpaired) electrons. The second-order valence-corrected chi connectivity index (χ2v) is 4.94. The number of hydrogen-bond donors (Lipinski definition) is 2. The van der Waals surface area contributed by atoms with E-state index in [1.807, 2.05) is 19.1 Å². The fourth-order valence-electron chi connectivity index (χ4n) is 2.67. The summed E-state index contributed by atoms with van der Waals surface area (Å²) < 4.78 is 10.6. The summed E-state index contributed by atoms with van der Waals surface area (Å²) in [6.07, 6.45) is 0.889. The number of benzene rings is 1. The van der Waals surface area contributed by atoms with Crippen molar-refractivity contribution in [3.63, 3.8) is 0 Å². The Morgan fingerprint density at radius 3 is 2.50 bits per heavy atom. The van der Waals surface area contributed by atoms with Crippen LogP contribution in [0.5, 0.6) is 11.5 Å². The fraction of sp³-hybridized carbons (Fsp3) is 0.500. The van der Waals surface area contributed by atoms with Crippen LogP contribution in [0.2, 0.25) is 0 Å². The lowest BCUT2D eigenvalue weighted by molar-refractivity contribution is -0.138. The minimum absolute atomic E-state index is 0. The molecule has 6 heteroatoms. The number of rotatable bonds is 4. The highest BCUT2D eigenvalue weighted by Gasteiger charge is 2.35. The van der Waals surface area contributed by atoms with Crippen LogP contribution in [0.3, 0.4) is 0 Å². The van der Waals surface area contributed by atoms with Crippen LogP contribution in [0.15, 0.2) is 12.1 Å². The number of ether oxygens (including phenoxy) is 2. The molecule has 0 spiro atoms. The van der Waals surface area contributed by atoms with Crippen LogP contribution in [0.4, 0.5) is 0 Å². The summed E-state index contributed by atoms with van der Waals surface area (Å²) in [5.41, 5.74) is 1.51. The van der Waals surface area contributed by atoms with Gasteiger partial charge in [0.05, 0.1) is 26.2 Å². The van der Waals surface area contributed by atoms with Crippen molar-refractivity contribution in [2.45, 2.75) is 25.3 Å². The molecule has 2 N–H and O–H groups in total. The van der Waals surface area contributed by atoms with Gasteiger partial charge in [0.1, 0.15) is 0 Å². The molecule has 0 bridgehead atoms. The largest absolute Gasteiger partial charge is 0.493 e. The Kier molecular flexibility index (Phi) is 5.25. The van der Waals surface area contributed by atoms with Crippen molar-refractivity contribution < 1.29 is 19.4 Å². The first-order valence-electron chi connectivity index (χ1n) is 6.22. The lowest BCUT2D eigenvalue weighted by atomic mass is 9.81. The zero-order valence-corrected chi connectivity index (χ0v) is 12.7. The third-order valence-corrected chi connectivity index (χ3v) is 3.62. The van der Waals surface area contributed by atoms with Crippen molar-refractivity contribution >= 4 is 18.4 Å². The lowest BCUT2D eigenvalue weighted by Gasteiger charge is -2.36. The highest BCUT2D eigenvalue weighted by molar-refractivity contribution is 5.85. The topological polar surface area (TPSA) is 67.8 Å². The van der Waals surface area contributed by atoms with E-state index in [1.165, 1.54) is 0 Å². The predicted molar refractivity (Wildman–Crippen MR) is 78.1 cm³/mol. The summed E-state index contributed by atoms with van der Waals surface area (Å²) in [5, 5.41) is 12.4. The van der Waals surface area contributed by atoms with E-state index in [0.29, 0.717) is 11.5 Å². The number of nitrogens with one attached hydrogen (secondary N) is 1. The van der Waals surface area contributed by atoms with E-state index < -0.39 is 11.5 Å². The molecule has 5 nitrogen and oxygen atoms in total. The van der Waals surface area contributed by atoms with Gasteiger partial charge in [0.15, 0.2) is 11.5 Å². The van der Waals surface area contributed by atoms with Gasteiger partial charge in [0, 0.05) is 6.54 Å². The third-order valence-electron chi connectivity index (χ3n) is 3.62. The van der Waals surface area contributed by atoms with Gasteiger partial charge in [-0.3, -0.25) is 4.79 Å². The van der Waals surface area contributed by atoms with Crippen LogP contribution in [-0.4, -0.2) is 31.8 Å². The van der Waals surface area contributed by atoms with Crippen LogP contribution in [0, 0.1) is 0 Å². The average molecular weight is 302 g/mol. The highest BCUT2D eigenvalue weighted by atomic mass is 35.5. The van der Waals surface area contributed by atoms with Crippen molar-refractivity contribution in [2.75, 3.05) is 20.8 Å². The Balaban J connectivity index is 0.00000200. The van der Waals surface area contributed by atoms with E-state index >= 15 is 0 Å².